The number of aliphatic carboxylic acids is 1. The normalized spacial score (nSPS) is 12.4. The average molecular weight is 366 g/mol. The van der Waals surface area contributed by atoms with Crippen LogP contribution in [-0.2, 0) is 9.53 Å². The second kappa shape index (κ2) is 7.30. The Kier molecular flexibility index (Phi) is 5.34. The highest BCUT2D eigenvalue weighted by Crippen LogP contribution is 2.32. The van der Waals surface area contributed by atoms with Crippen molar-refractivity contribution in [3.05, 3.63) is 34.6 Å². The van der Waals surface area contributed by atoms with Crippen molar-refractivity contribution in [2.45, 2.75) is 32.4 Å². The number of amides is 1. The van der Waals surface area contributed by atoms with Crippen molar-refractivity contribution in [2.24, 2.45) is 0 Å². The Morgan fingerprint density at radius 1 is 1.38 bits per heavy atom. The lowest BCUT2D eigenvalue weighted by molar-refractivity contribution is -0.385. The molecule has 0 aliphatic heterocycles. The standard InChI is InChI=1S/C16H18N2O8/c1-16(2,3)26-15(21)17-10(14(19)20)8-25-13-7-12-9(4-5-24-12)6-11(13)18(22)23/h4-7,10H,8H2,1-3H3,(H,17,21)(H,19,20)/t10-/m0/s1. The quantitative estimate of drug-likeness (QED) is 0.587. The van der Waals surface area contributed by atoms with Gasteiger partial charge in [0.15, 0.2) is 6.04 Å². The Balaban J connectivity index is 2.14. The second-order valence-electron chi connectivity index (χ2n) is 6.38. The minimum atomic E-state index is -1.46. The monoisotopic (exact) mass is 366 g/mol. The lowest BCUT2D eigenvalue weighted by Crippen LogP contribution is -2.46. The van der Waals surface area contributed by atoms with E-state index in [9.17, 15) is 24.8 Å². The number of furan rings is 1. The van der Waals surface area contributed by atoms with Crippen LogP contribution in [0.4, 0.5) is 10.5 Å². The molecule has 2 rings (SSSR count). The number of carboxylic acid groups (broad SMARTS) is 1. The van der Waals surface area contributed by atoms with Crippen LogP contribution in [0.5, 0.6) is 5.75 Å². The zero-order chi connectivity index (χ0) is 19.5. The fourth-order valence-corrected chi connectivity index (χ4v) is 2.03. The van der Waals surface area contributed by atoms with Crippen LogP contribution >= 0.6 is 0 Å². The first kappa shape index (κ1) is 19.0. The van der Waals surface area contributed by atoms with Gasteiger partial charge in [-0.3, -0.25) is 10.1 Å². The highest BCUT2D eigenvalue weighted by atomic mass is 16.6. The van der Waals surface area contributed by atoms with E-state index in [2.05, 4.69) is 5.32 Å². The predicted molar refractivity (Wildman–Crippen MR) is 89.2 cm³/mol. The van der Waals surface area contributed by atoms with E-state index in [1.54, 1.807) is 26.8 Å². The summed E-state index contributed by atoms with van der Waals surface area (Å²) in [7, 11) is 0. The molecule has 1 amide bonds. The van der Waals surface area contributed by atoms with Crippen molar-refractivity contribution in [1.82, 2.24) is 5.32 Å². The summed E-state index contributed by atoms with van der Waals surface area (Å²) in [6.07, 6.45) is 0.423. The van der Waals surface area contributed by atoms with E-state index in [-0.39, 0.29) is 11.4 Å². The van der Waals surface area contributed by atoms with Crippen LogP contribution < -0.4 is 10.1 Å². The van der Waals surface area contributed by atoms with Crippen LogP contribution in [0.2, 0.25) is 0 Å². The van der Waals surface area contributed by atoms with E-state index in [0.717, 1.165) is 0 Å². The number of alkyl carbamates (subject to hydrolysis) is 1. The first-order valence-electron chi connectivity index (χ1n) is 7.57. The first-order valence-corrected chi connectivity index (χ1v) is 7.57. The molecule has 0 radical (unpaired) electrons. The number of carbonyl (C=O) groups excluding carboxylic acids is 1. The van der Waals surface area contributed by atoms with Gasteiger partial charge in [0.25, 0.3) is 0 Å². The number of nitro benzene ring substituents is 1. The number of carbonyl (C=O) groups is 2. The van der Waals surface area contributed by atoms with Crippen LogP contribution in [0.1, 0.15) is 20.8 Å². The zero-order valence-electron chi connectivity index (χ0n) is 14.3. The highest BCUT2D eigenvalue weighted by molar-refractivity contribution is 5.83. The Labute approximate surface area is 147 Å². The second-order valence-corrected chi connectivity index (χ2v) is 6.38. The minimum Gasteiger partial charge on any atom is -0.484 e. The number of hydrogen-bond donors (Lipinski definition) is 2. The number of hydrogen-bond acceptors (Lipinski definition) is 7. The summed E-state index contributed by atoms with van der Waals surface area (Å²) in [5.41, 5.74) is -0.810. The van der Waals surface area contributed by atoms with Crippen molar-refractivity contribution in [3.8, 4) is 5.75 Å². The van der Waals surface area contributed by atoms with Crippen LogP contribution in [-0.4, -0.2) is 40.3 Å². The van der Waals surface area contributed by atoms with Gasteiger partial charge >= 0.3 is 17.7 Å². The molecule has 10 nitrogen and oxygen atoms in total. The maximum atomic E-state index is 11.7. The molecule has 1 aromatic carbocycles. The molecule has 0 spiro atoms. The van der Waals surface area contributed by atoms with E-state index < -0.39 is 35.2 Å². The Hall–Kier alpha value is -3.30. The van der Waals surface area contributed by atoms with Gasteiger partial charge in [-0.1, -0.05) is 0 Å². The molecule has 0 saturated carbocycles. The van der Waals surface area contributed by atoms with Gasteiger partial charge in [0.05, 0.1) is 11.2 Å². The molecule has 2 aromatic rings. The number of fused-ring (bicyclic) bond motifs is 1. The number of nitrogens with one attached hydrogen (secondary N) is 1. The Morgan fingerprint density at radius 3 is 2.65 bits per heavy atom. The molecule has 2 N–H and O–H groups in total. The topological polar surface area (TPSA) is 141 Å². The summed E-state index contributed by atoms with van der Waals surface area (Å²) < 4.78 is 15.4. The van der Waals surface area contributed by atoms with Crippen LogP contribution in [0.15, 0.2) is 28.9 Å². The molecule has 0 unspecified atom stereocenters. The maximum absolute atomic E-state index is 11.7. The zero-order valence-corrected chi connectivity index (χ0v) is 14.3. The van der Waals surface area contributed by atoms with Crippen molar-refractivity contribution in [2.75, 3.05) is 6.61 Å². The van der Waals surface area contributed by atoms with Crippen LogP contribution in [0.25, 0.3) is 11.0 Å². The fraction of sp³-hybridized carbons (Fsp3) is 0.375. The molecule has 0 saturated heterocycles. The highest BCUT2D eigenvalue weighted by Gasteiger charge is 2.26. The lowest BCUT2D eigenvalue weighted by Gasteiger charge is -2.22. The smallest absolute Gasteiger partial charge is 0.408 e. The van der Waals surface area contributed by atoms with E-state index in [0.29, 0.717) is 11.0 Å². The van der Waals surface area contributed by atoms with Gasteiger partial charge in [0.2, 0.25) is 5.75 Å². The van der Waals surface area contributed by atoms with Gasteiger partial charge in [-0.25, -0.2) is 9.59 Å². The van der Waals surface area contributed by atoms with Crippen molar-refractivity contribution in [3.63, 3.8) is 0 Å². The van der Waals surface area contributed by atoms with Gasteiger partial charge in [0, 0.05) is 17.5 Å². The van der Waals surface area contributed by atoms with Gasteiger partial charge in [0.1, 0.15) is 17.8 Å². The largest absolute Gasteiger partial charge is 0.484 e. The lowest BCUT2D eigenvalue weighted by atomic mass is 10.2. The molecule has 26 heavy (non-hydrogen) atoms. The van der Waals surface area contributed by atoms with Gasteiger partial charge < -0.3 is 24.3 Å². The van der Waals surface area contributed by atoms with Crippen LogP contribution in [0.3, 0.4) is 0 Å². The molecular weight excluding hydrogens is 348 g/mol. The Morgan fingerprint density at radius 2 is 2.08 bits per heavy atom. The number of rotatable bonds is 6. The Bertz CT molecular complexity index is 836. The van der Waals surface area contributed by atoms with E-state index >= 15 is 0 Å². The van der Waals surface area contributed by atoms with Gasteiger partial charge in [-0.15, -0.1) is 0 Å². The molecule has 1 heterocycles. The van der Waals surface area contributed by atoms with Gasteiger partial charge in [-0.05, 0) is 26.8 Å². The maximum Gasteiger partial charge on any atom is 0.408 e. The summed E-state index contributed by atoms with van der Waals surface area (Å²) in [6.45, 7) is 4.34. The molecule has 1 aromatic heterocycles. The van der Waals surface area contributed by atoms with E-state index in [4.69, 9.17) is 13.9 Å². The summed E-state index contributed by atoms with van der Waals surface area (Å²) >= 11 is 0. The number of nitro groups is 1. The van der Waals surface area contributed by atoms with E-state index in [1.165, 1.54) is 18.4 Å². The van der Waals surface area contributed by atoms with Crippen LogP contribution in [0, 0.1) is 10.1 Å². The number of carboxylic acids is 1. The van der Waals surface area contributed by atoms with Crippen molar-refractivity contribution in [1.29, 1.82) is 0 Å². The average Bonchev–Trinajstić information content (AvgIpc) is 2.95. The third-order valence-electron chi connectivity index (χ3n) is 3.13. The third-order valence-corrected chi connectivity index (χ3v) is 3.13. The SMILES string of the molecule is CC(C)(C)OC(=O)N[C@@H](COc1cc2occc2cc1[N+](=O)[O-])C(=O)O. The summed E-state index contributed by atoms with van der Waals surface area (Å²) in [5.74, 6) is -1.55. The fourth-order valence-electron chi connectivity index (χ4n) is 2.03. The van der Waals surface area contributed by atoms with Crippen molar-refractivity contribution >= 4 is 28.7 Å². The van der Waals surface area contributed by atoms with E-state index in [1.807, 2.05) is 0 Å². The molecule has 1 atom stereocenters. The number of ether oxygens (including phenoxy) is 2. The summed E-state index contributed by atoms with van der Waals surface area (Å²) in [5, 5.41) is 23.1. The van der Waals surface area contributed by atoms with Gasteiger partial charge in [-0.2, -0.15) is 0 Å². The summed E-state index contributed by atoms with van der Waals surface area (Å²) in [4.78, 5) is 33.6. The predicted octanol–water partition coefficient (Wildman–Crippen LogP) is 2.70. The number of benzene rings is 1. The molecule has 0 aliphatic carbocycles. The molecule has 0 bridgehead atoms. The molecular formula is C16H18N2O8. The summed E-state index contributed by atoms with van der Waals surface area (Å²) in [6, 6.07) is 2.64. The number of nitrogens with zero attached hydrogens (tertiary/aromatic N) is 1. The first-order chi connectivity index (χ1) is 12.1. The molecule has 10 heteroatoms. The molecule has 140 valence electrons. The molecule has 0 fully saturated rings. The minimum absolute atomic E-state index is 0.172. The molecule has 0 aliphatic rings. The third kappa shape index (κ3) is 4.85. The van der Waals surface area contributed by atoms with Crippen molar-refractivity contribution < 1.29 is 33.5 Å².